The summed E-state index contributed by atoms with van der Waals surface area (Å²) in [5.41, 5.74) is 2.22. The Labute approximate surface area is 140 Å². The number of hydrogen-bond donors (Lipinski definition) is 0. The van der Waals surface area contributed by atoms with Crippen LogP contribution in [-0.2, 0) is 0 Å². The number of halogens is 1. The number of nitriles is 1. The molecule has 0 N–H and O–H groups in total. The summed E-state index contributed by atoms with van der Waals surface area (Å²) in [5.74, 6) is 0.814. The number of ether oxygens (including phenoxy) is 1. The highest BCUT2D eigenvalue weighted by molar-refractivity contribution is 6.32. The number of hydrogen-bond acceptors (Lipinski definition) is 2. The van der Waals surface area contributed by atoms with E-state index in [2.05, 4.69) is 6.07 Å². The van der Waals surface area contributed by atoms with Gasteiger partial charge in [-0.2, -0.15) is 5.26 Å². The van der Waals surface area contributed by atoms with Gasteiger partial charge in [-0.25, -0.2) is 0 Å². The van der Waals surface area contributed by atoms with Crippen molar-refractivity contribution in [1.82, 2.24) is 0 Å². The quantitative estimate of drug-likeness (QED) is 0.467. The van der Waals surface area contributed by atoms with Crippen LogP contribution < -0.4 is 4.74 Å². The fourth-order valence-corrected chi connectivity index (χ4v) is 2.84. The zero-order valence-corrected chi connectivity index (χ0v) is 13.3. The second-order valence-corrected chi connectivity index (χ2v) is 5.46. The predicted molar refractivity (Wildman–Crippen MR) is 95.4 cm³/mol. The van der Waals surface area contributed by atoms with Crippen LogP contribution in [0.4, 0.5) is 0 Å². The molecule has 3 aromatic carbocycles. The van der Waals surface area contributed by atoms with Gasteiger partial charge in [-0.1, -0.05) is 60.1 Å². The molecule has 23 heavy (non-hydrogen) atoms. The average molecular weight is 320 g/mol. The van der Waals surface area contributed by atoms with Crippen LogP contribution in [0.2, 0.25) is 5.02 Å². The van der Waals surface area contributed by atoms with Gasteiger partial charge in [0.15, 0.2) is 0 Å². The Balaban J connectivity index is 2.21. The maximum Gasteiger partial charge on any atom is 0.126 e. The van der Waals surface area contributed by atoms with Gasteiger partial charge in [0.1, 0.15) is 5.75 Å². The first-order valence-corrected chi connectivity index (χ1v) is 7.55. The van der Waals surface area contributed by atoms with Gasteiger partial charge < -0.3 is 4.74 Å². The zero-order chi connectivity index (χ0) is 16.2. The molecule has 0 aliphatic heterocycles. The number of methoxy groups -OCH3 is 1. The molecule has 3 heteroatoms. The molecule has 0 fully saturated rings. The van der Waals surface area contributed by atoms with E-state index in [0.29, 0.717) is 10.6 Å². The second kappa shape index (κ2) is 6.56. The summed E-state index contributed by atoms with van der Waals surface area (Å²) in [6, 6.07) is 21.4. The molecule has 0 aromatic heterocycles. The van der Waals surface area contributed by atoms with E-state index in [1.54, 1.807) is 13.2 Å². The molecule has 0 bridgehead atoms. The van der Waals surface area contributed by atoms with Crippen LogP contribution in [0.1, 0.15) is 11.1 Å². The lowest BCUT2D eigenvalue weighted by molar-refractivity contribution is 0.420. The maximum atomic E-state index is 9.54. The van der Waals surface area contributed by atoms with Crippen LogP contribution in [0, 0.1) is 11.3 Å². The predicted octanol–water partition coefficient (Wildman–Crippen LogP) is 5.57. The Bertz CT molecular complexity index is 938. The summed E-state index contributed by atoms with van der Waals surface area (Å²) in [6.07, 6.45) is 1.86. The van der Waals surface area contributed by atoms with Crippen molar-refractivity contribution in [3.8, 4) is 11.8 Å². The molecule has 0 unspecified atom stereocenters. The molecule has 0 aliphatic carbocycles. The van der Waals surface area contributed by atoms with E-state index in [1.807, 2.05) is 60.7 Å². The van der Waals surface area contributed by atoms with Crippen molar-refractivity contribution in [3.05, 3.63) is 76.8 Å². The summed E-state index contributed by atoms with van der Waals surface area (Å²) in [4.78, 5) is 0. The van der Waals surface area contributed by atoms with Gasteiger partial charge in [0, 0.05) is 16.0 Å². The van der Waals surface area contributed by atoms with Crippen molar-refractivity contribution >= 4 is 34.0 Å². The van der Waals surface area contributed by atoms with E-state index in [1.165, 1.54) is 0 Å². The standard InChI is InChI=1S/C20H14ClNO/c1-23-20-11-10-14(16-6-2-3-8-18(16)20)12-15(13-22)17-7-4-5-9-19(17)21/h2-12H,1H3. The minimum atomic E-state index is 0.533. The average Bonchev–Trinajstić information content (AvgIpc) is 2.60. The van der Waals surface area contributed by atoms with Gasteiger partial charge in [0.2, 0.25) is 0 Å². The monoisotopic (exact) mass is 319 g/mol. The fraction of sp³-hybridized carbons (Fsp3) is 0.0500. The van der Waals surface area contributed by atoms with Crippen LogP contribution >= 0.6 is 11.6 Å². The van der Waals surface area contributed by atoms with Gasteiger partial charge in [-0.05, 0) is 29.2 Å². The van der Waals surface area contributed by atoms with Gasteiger partial charge in [0.25, 0.3) is 0 Å². The molecule has 0 spiro atoms. The summed E-state index contributed by atoms with van der Waals surface area (Å²) < 4.78 is 5.41. The summed E-state index contributed by atoms with van der Waals surface area (Å²) in [7, 11) is 1.65. The van der Waals surface area contributed by atoms with Crippen LogP contribution in [-0.4, -0.2) is 7.11 Å². The number of nitrogens with zero attached hydrogens (tertiary/aromatic N) is 1. The highest BCUT2D eigenvalue weighted by atomic mass is 35.5. The van der Waals surface area contributed by atoms with E-state index in [0.717, 1.165) is 27.6 Å². The second-order valence-electron chi connectivity index (χ2n) is 5.05. The Kier molecular flexibility index (Phi) is 4.32. The first-order chi connectivity index (χ1) is 11.2. The minimum absolute atomic E-state index is 0.533. The minimum Gasteiger partial charge on any atom is -0.496 e. The number of allylic oxidation sites excluding steroid dienone is 1. The highest BCUT2D eigenvalue weighted by Gasteiger charge is 2.08. The van der Waals surface area contributed by atoms with Crippen molar-refractivity contribution < 1.29 is 4.74 Å². The Morgan fingerprint density at radius 1 is 1.00 bits per heavy atom. The van der Waals surface area contributed by atoms with E-state index < -0.39 is 0 Å². The lowest BCUT2D eigenvalue weighted by atomic mass is 9.99. The molecule has 0 amide bonds. The van der Waals surface area contributed by atoms with Gasteiger partial charge in [-0.15, -0.1) is 0 Å². The summed E-state index contributed by atoms with van der Waals surface area (Å²) in [6.45, 7) is 0. The first-order valence-electron chi connectivity index (χ1n) is 7.17. The molecular formula is C20H14ClNO. The van der Waals surface area contributed by atoms with E-state index in [9.17, 15) is 5.26 Å². The van der Waals surface area contributed by atoms with Crippen LogP contribution in [0.5, 0.6) is 5.75 Å². The van der Waals surface area contributed by atoms with Crippen LogP contribution in [0.3, 0.4) is 0 Å². The Hall–Kier alpha value is -2.76. The number of benzene rings is 3. The third-order valence-electron chi connectivity index (χ3n) is 3.72. The molecular weight excluding hydrogens is 306 g/mol. The molecule has 0 atom stereocenters. The van der Waals surface area contributed by atoms with E-state index >= 15 is 0 Å². The van der Waals surface area contributed by atoms with Crippen LogP contribution in [0.15, 0.2) is 60.7 Å². The van der Waals surface area contributed by atoms with Crippen LogP contribution in [0.25, 0.3) is 22.4 Å². The Morgan fingerprint density at radius 2 is 1.70 bits per heavy atom. The number of rotatable bonds is 3. The fourth-order valence-electron chi connectivity index (χ4n) is 2.60. The largest absolute Gasteiger partial charge is 0.496 e. The van der Waals surface area contributed by atoms with Gasteiger partial charge >= 0.3 is 0 Å². The van der Waals surface area contributed by atoms with E-state index in [-0.39, 0.29) is 0 Å². The third-order valence-corrected chi connectivity index (χ3v) is 4.05. The van der Waals surface area contributed by atoms with Crippen molar-refractivity contribution in [2.75, 3.05) is 7.11 Å². The molecule has 0 heterocycles. The highest BCUT2D eigenvalue weighted by Crippen LogP contribution is 2.31. The third kappa shape index (κ3) is 2.92. The normalized spacial score (nSPS) is 11.3. The van der Waals surface area contributed by atoms with Crippen molar-refractivity contribution in [2.45, 2.75) is 0 Å². The molecule has 0 saturated heterocycles. The first kappa shape index (κ1) is 15.1. The molecule has 0 radical (unpaired) electrons. The lowest BCUT2D eigenvalue weighted by Crippen LogP contribution is -1.88. The molecule has 0 aliphatic rings. The summed E-state index contributed by atoms with van der Waals surface area (Å²) >= 11 is 6.22. The molecule has 112 valence electrons. The smallest absolute Gasteiger partial charge is 0.126 e. The van der Waals surface area contributed by atoms with Crippen molar-refractivity contribution in [1.29, 1.82) is 5.26 Å². The molecule has 0 saturated carbocycles. The Morgan fingerprint density at radius 3 is 2.39 bits per heavy atom. The van der Waals surface area contributed by atoms with Crippen molar-refractivity contribution in [2.24, 2.45) is 0 Å². The number of fused-ring (bicyclic) bond motifs is 1. The van der Waals surface area contributed by atoms with Crippen molar-refractivity contribution in [3.63, 3.8) is 0 Å². The van der Waals surface area contributed by atoms with Gasteiger partial charge in [0.05, 0.1) is 18.8 Å². The van der Waals surface area contributed by atoms with Gasteiger partial charge in [-0.3, -0.25) is 0 Å². The molecule has 2 nitrogen and oxygen atoms in total. The lowest BCUT2D eigenvalue weighted by Gasteiger charge is -2.09. The SMILES string of the molecule is COc1ccc(C=C(C#N)c2ccccc2Cl)c2ccccc12. The maximum absolute atomic E-state index is 9.54. The molecule has 3 aromatic rings. The molecule has 3 rings (SSSR count). The zero-order valence-electron chi connectivity index (χ0n) is 12.6. The summed E-state index contributed by atoms with van der Waals surface area (Å²) in [5, 5.41) is 12.2. The van der Waals surface area contributed by atoms with E-state index in [4.69, 9.17) is 16.3 Å². The topological polar surface area (TPSA) is 33.0 Å².